The number of H-pyrrole nitrogens is 1. The predicted molar refractivity (Wildman–Crippen MR) is 94.8 cm³/mol. The van der Waals surface area contributed by atoms with Crippen LogP contribution in [0.4, 0.5) is 0 Å². The second-order valence-corrected chi connectivity index (χ2v) is 6.44. The van der Waals surface area contributed by atoms with Gasteiger partial charge in [-0.2, -0.15) is 0 Å². The van der Waals surface area contributed by atoms with Crippen molar-refractivity contribution in [3.63, 3.8) is 0 Å². The van der Waals surface area contributed by atoms with Crippen molar-refractivity contribution in [1.82, 2.24) is 10.3 Å². The summed E-state index contributed by atoms with van der Waals surface area (Å²) in [6, 6.07) is 4.40. The number of hydrogen-bond acceptors (Lipinski definition) is 2. The molecule has 0 amide bonds. The summed E-state index contributed by atoms with van der Waals surface area (Å²) in [5.41, 5.74) is 12.1. The molecular formula is C18H26N4O. The van der Waals surface area contributed by atoms with Crippen molar-refractivity contribution in [1.29, 1.82) is 0 Å². The number of aromatic amines is 1. The van der Waals surface area contributed by atoms with Crippen molar-refractivity contribution in [2.45, 2.75) is 46.3 Å². The Bertz CT molecular complexity index is 726. The maximum atomic E-state index is 5.99. The van der Waals surface area contributed by atoms with Gasteiger partial charge in [0.1, 0.15) is 0 Å². The Morgan fingerprint density at radius 1 is 1.39 bits per heavy atom. The van der Waals surface area contributed by atoms with Gasteiger partial charge in [0, 0.05) is 24.2 Å². The summed E-state index contributed by atoms with van der Waals surface area (Å²) >= 11 is 0. The molecule has 0 aliphatic carbocycles. The van der Waals surface area contributed by atoms with Crippen LogP contribution in [0, 0.1) is 20.8 Å². The standard InChI is InChI=1S/C18H26N4O/c1-11-7-14(17-16(8-11)12(2)13(3)22-17)9-20-18(19)21-10-15-5-4-6-23-15/h7-8,15,22H,4-6,9-10H2,1-3H3,(H3,19,20,21). The third-order valence-corrected chi connectivity index (χ3v) is 4.60. The van der Waals surface area contributed by atoms with E-state index in [4.69, 9.17) is 10.5 Å². The lowest BCUT2D eigenvalue weighted by atomic mass is 10.0. The highest BCUT2D eigenvalue weighted by molar-refractivity contribution is 5.88. The number of aryl methyl sites for hydroxylation is 3. The molecule has 0 saturated carbocycles. The largest absolute Gasteiger partial charge is 0.376 e. The minimum Gasteiger partial charge on any atom is -0.376 e. The molecule has 0 radical (unpaired) electrons. The van der Waals surface area contributed by atoms with Gasteiger partial charge in [-0.15, -0.1) is 0 Å². The smallest absolute Gasteiger partial charge is 0.189 e. The van der Waals surface area contributed by atoms with Gasteiger partial charge in [0.15, 0.2) is 5.96 Å². The summed E-state index contributed by atoms with van der Waals surface area (Å²) in [6.45, 7) is 8.54. The molecule has 23 heavy (non-hydrogen) atoms. The number of benzene rings is 1. The van der Waals surface area contributed by atoms with E-state index >= 15 is 0 Å². The summed E-state index contributed by atoms with van der Waals surface area (Å²) in [5.74, 6) is 0.482. The van der Waals surface area contributed by atoms with Gasteiger partial charge in [-0.3, -0.25) is 0 Å². The molecular weight excluding hydrogens is 288 g/mol. The Morgan fingerprint density at radius 3 is 2.96 bits per heavy atom. The summed E-state index contributed by atoms with van der Waals surface area (Å²) < 4.78 is 5.58. The fourth-order valence-corrected chi connectivity index (χ4v) is 3.16. The number of aliphatic imine (C=N–C) groups is 1. The second kappa shape index (κ2) is 6.62. The molecule has 2 aromatic rings. The Labute approximate surface area is 137 Å². The van der Waals surface area contributed by atoms with Gasteiger partial charge in [0.25, 0.3) is 0 Å². The van der Waals surface area contributed by atoms with E-state index in [2.05, 4.69) is 48.2 Å². The van der Waals surface area contributed by atoms with E-state index in [1.165, 1.54) is 33.3 Å². The Kier molecular flexibility index (Phi) is 4.57. The van der Waals surface area contributed by atoms with Gasteiger partial charge in [0.05, 0.1) is 18.2 Å². The summed E-state index contributed by atoms with van der Waals surface area (Å²) in [6.07, 6.45) is 2.50. The predicted octanol–water partition coefficient (Wildman–Crippen LogP) is 2.68. The minimum absolute atomic E-state index is 0.267. The first-order valence-corrected chi connectivity index (χ1v) is 8.28. The van der Waals surface area contributed by atoms with Crippen molar-refractivity contribution < 1.29 is 4.74 Å². The number of nitrogens with one attached hydrogen (secondary N) is 2. The van der Waals surface area contributed by atoms with Crippen LogP contribution in [0.2, 0.25) is 0 Å². The number of hydrogen-bond donors (Lipinski definition) is 3. The number of guanidine groups is 1. The fourth-order valence-electron chi connectivity index (χ4n) is 3.16. The number of nitrogens with zero attached hydrogens (tertiary/aromatic N) is 1. The van der Waals surface area contributed by atoms with E-state index in [0.717, 1.165) is 26.0 Å². The van der Waals surface area contributed by atoms with Gasteiger partial charge < -0.3 is 20.8 Å². The third-order valence-electron chi connectivity index (χ3n) is 4.60. The molecule has 124 valence electrons. The second-order valence-electron chi connectivity index (χ2n) is 6.44. The van der Waals surface area contributed by atoms with Crippen molar-refractivity contribution in [2.24, 2.45) is 10.7 Å². The quantitative estimate of drug-likeness (QED) is 0.600. The van der Waals surface area contributed by atoms with Crippen molar-refractivity contribution >= 4 is 16.9 Å². The van der Waals surface area contributed by atoms with Crippen LogP contribution in [0.5, 0.6) is 0 Å². The lowest BCUT2D eigenvalue weighted by Crippen LogP contribution is -2.37. The SMILES string of the molecule is Cc1cc(CN=C(N)NCC2CCCO2)c2[nH]c(C)c(C)c2c1. The summed E-state index contributed by atoms with van der Waals surface area (Å²) in [5, 5.41) is 4.44. The molecule has 5 heteroatoms. The molecule has 0 spiro atoms. The molecule has 2 heterocycles. The molecule has 5 nitrogen and oxygen atoms in total. The topological polar surface area (TPSA) is 75.4 Å². The zero-order valence-electron chi connectivity index (χ0n) is 14.2. The van der Waals surface area contributed by atoms with Gasteiger partial charge in [0.2, 0.25) is 0 Å². The lowest BCUT2D eigenvalue weighted by Gasteiger charge is -2.11. The first kappa shape index (κ1) is 15.9. The first-order valence-electron chi connectivity index (χ1n) is 8.28. The highest BCUT2D eigenvalue weighted by Crippen LogP contribution is 2.26. The fraction of sp³-hybridized carbons (Fsp3) is 0.500. The van der Waals surface area contributed by atoms with E-state index in [1.807, 2.05) is 0 Å². The summed E-state index contributed by atoms with van der Waals surface area (Å²) in [7, 11) is 0. The van der Waals surface area contributed by atoms with Crippen molar-refractivity contribution in [3.05, 3.63) is 34.5 Å². The maximum absolute atomic E-state index is 5.99. The number of nitrogens with two attached hydrogens (primary N) is 1. The molecule has 1 aromatic heterocycles. The Balaban J connectivity index is 1.72. The van der Waals surface area contributed by atoms with Crippen LogP contribution in [0.1, 0.15) is 35.2 Å². The minimum atomic E-state index is 0.267. The maximum Gasteiger partial charge on any atom is 0.189 e. The number of rotatable bonds is 4. The average Bonchev–Trinajstić information content (AvgIpc) is 3.13. The van der Waals surface area contributed by atoms with Gasteiger partial charge in [-0.05, 0) is 50.8 Å². The molecule has 1 aliphatic rings. The van der Waals surface area contributed by atoms with Crippen LogP contribution in [0.25, 0.3) is 10.9 Å². The molecule has 1 aromatic carbocycles. The van der Waals surface area contributed by atoms with E-state index in [-0.39, 0.29) is 6.10 Å². The van der Waals surface area contributed by atoms with E-state index in [0.29, 0.717) is 12.5 Å². The van der Waals surface area contributed by atoms with Crippen LogP contribution >= 0.6 is 0 Å². The molecule has 0 bridgehead atoms. The molecule has 1 fully saturated rings. The van der Waals surface area contributed by atoms with Gasteiger partial charge in [-0.1, -0.05) is 11.6 Å². The Morgan fingerprint density at radius 2 is 2.22 bits per heavy atom. The highest BCUT2D eigenvalue weighted by Gasteiger charge is 2.15. The van der Waals surface area contributed by atoms with Gasteiger partial charge >= 0.3 is 0 Å². The van der Waals surface area contributed by atoms with Crippen molar-refractivity contribution in [3.8, 4) is 0 Å². The highest BCUT2D eigenvalue weighted by atomic mass is 16.5. The van der Waals surface area contributed by atoms with Crippen molar-refractivity contribution in [2.75, 3.05) is 13.2 Å². The average molecular weight is 314 g/mol. The van der Waals surface area contributed by atoms with Crippen LogP contribution in [-0.2, 0) is 11.3 Å². The zero-order chi connectivity index (χ0) is 16.4. The molecule has 4 N–H and O–H groups in total. The molecule has 3 rings (SSSR count). The van der Waals surface area contributed by atoms with E-state index < -0.39 is 0 Å². The molecule has 1 aliphatic heterocycles. The van der Waals surface area contributed by atoms with Crippen LogP contribution < -0.4 is 11.1 Å². The molecule has 1 unspecified atom stereocenters. The zero-order valence-corrected chi connectivity index (χ0v) is 14.2. The number of aromatic nitrogens is 1. The Hall–Kier alpha value is -2.01. The van der Waals surface area contributed by atoms with Crippen LogP contribution in [-0.4, -0.2) is 30.2 Å². The summed E-state index contributed by atoms with van der Waals surface area (Å²) in [4.78, 5) is 7.97. The van der Waals surface area contributed by atoms with Crippen LogP contribution in [0.15, 0.2) is 17.1 Å². The first-order chi connectivity index (χ1) is 11.0. The third kappa shape index (κ3) is 3.50. The van der Waals surface area contributed by atoms with Gasteiger partial charge in [-0.25, -0.2) is 4.99 Å². The van der Waals surface area contributed by atoms with E-state index in [9.17, 15) is 0 Å². The molecule has 1 saturated heterocycles. The lowest BCUT2D eigenvalue weighted by molar-refractivity contribution is 0.114. The number of fused-ring (bicyclic) bond motifs is 1. The van der Waals surface area contributed by atoms with Crippen LogP contribution in [0.3, 0.4) is 0 Å². The monoisotopic (exact) mass is 314 g/mol. The number of ether oxygens (including phenoxy) is 1. The van der Waals surface area contributed by atoms with E-state index in [1.54, 1.807) is 0 Å². The molecule has 1 atom stereocenters. The normalized spacial score (nSPS) is 18.7.